The van der Waals surface area contributed by atoms with Crippen LogP contribution in [0.5, 0.6) is 0 Å². The molecule has 0 radical (unpaired) electrons. The van der Waals surface area contributed by atoms with E-state index in [2.05, 4.69) is 0 Å². The predicted molar refractivity (Wildman–Crippen MR) is 72.3 cm³/mol. The van der Waals surface area contributed by atoms with Gasteiger partial charge in [-0.3, -0.25) is 9.59 Å². The highest BCUT2D eigenvalue weighted by Crippen LogP contribution is 2.07. The third kappa shape index (κ3) is 3.32. The van der Waals surface area contributed by atoms with Gasteiger partial charge in [-0.15, -0.1) is 0 Å². The fourth-order valence-electron chi connectivity index (χ4n) is 2.14. The van der Waals surface area contributed by atoms with E-state index < -0.39 is 6.04 Å². The van der Waals surface area contributed by atoms with Crippen LogP contribution >= 0.6 is 0 Å². The van der Waals surface area contributed by atoms with Crippen LogP contribution in [0.25, 0.3) is 0 Å². The number of benzene rings is 1. The summed E-state index contributed by atoms with van der Waals surface area (Å²) in [4.78, 5) is 26.9. The second-order valence-corrected chi connectivity index (χ2v) is 4.87. The molecule has 0 spiro atoms. The summed E-state index contributed by atoms with van der Waals surface area (Å²) in [5, 5.41) is 0. The molecule has 1 aromatic rings. The summed E-state index contributed by atoms with van der Waals surface area (Å²) in [6.45, 7) is 1.27. The minimum absolute atomic E-state index is 0.0356. The van der Waals surface area contributed by atoms with Gasteiger partial charge in [0.05, 0.1) is 12.6 Å². The Hall–Kier alpha value is -1.88. The summed E-state index contributed by atoms with van der Waals surface area (Å²) in [5.41, 5.74) is 6.98. The number of hydrogen-bond donors (Lipinski definition) is 1. The van der Waals surface area contributed by atoms with Gasteiger partial charge in [0.15, 0.2) is 0 Å². The van der Waals surface area contributed by atoms with E-state index in [4.69, 9.17) is 5.73 Å². The van der Waals surface area contributed by atoms with Crippen molar-refractivity contribution >= 4 is 11.8 Å². The lowest BCUT2D eigenvalue weighted by atomic mass is 10.1. The summed E-state index contributed by atoms with van der Waals surface area (Å²) in [5.74, 6) is -0.184. The van der Waals surface area contributed by atoms with Crippen LogP contribution in [-0.4, -0.2) is 54.3 Å². The van der Waals surface area contributed by atoms with Crippen LogP contribution < -0.4 is 5.73 Å². The zero-order valence-corrected chi connectivity index (χ0v) is 11.1. The number of carbonyl (C=O) groups is 2. The van der Waals surface area contributed by atoms with E-state index in [9.17, 15) is 9.59 Å². The van der Waals surface area contributed by atoms with Crippen LogP contribution in [0.4, 0.5) is 0 Å². The molecule has 5 nitrogen and oxygen atoms in total. The van der Waals surface area contributed by atoms with Crippen LogP contribution in [0.2, 0.25) is 0 Å². The van der Waals surface area contributed by atoms with Crippen LogP contribution in [-0.2, 0) is 16.0 Å². The van der Waals surface area contributed by atoms with Crippen LogP contribution in [0.3, 0.4) is 0 Å². The second-order valence-electron chi connectivity index (χ2n) is 4.87. The molecule has 0 unspecified atom stereocenters. The minimum atomic E-state index is -0.585. The van der Waals surface area contributed by atoms with Gasteiger partial charge in [-0.2, -0.15) is 0 Å². The van der Waals surface area contributed by atoms with Crippen molar-refractivity contribution in [2.45, 2.75) is 12.5 Å². The lowest BCUT2D eigenvalue weighted by molar-refractivity contribution is -0.144. The minimum Gasteiger partial charge on any atom is -0.342 e. The smallest absolute Gasteiger partial charge is 0.241 e. The molecule has 102 valence electrons. The van der Waals surface area contributed by atoms with Gasteiger partial charge >= 0.3 is 0 Å². The summed E-state index contributed by atoms with van der Waals surface area (Å²) >= 11 is 0. The van der Waals surface area contributed by atoms with Crippen molar-refractivity contribution in [2.24, 2.45) is 5.73 Å². The third-order valence-corrected chi connectivity index (χ3v) is 3.38. The molecule has 19 heavy (non-hydrogen) atoms. The van der Waals surface area contributed by atoms with E-state index >= 15 is 0 Å². The molecule has 2 amide bonds. The molecular weight excluding hydrogens is 242 g/mol. The molecule has 1 aromatic carbocycles. The first-order chi connectivity index (χ1) is 9.08. The lowest BCUT2D eigenvalue weighted by Gasteiger charge is -2.33. The van der Waals surface area contributed by atoms with Crippen molar-refractivity contribution in [1.82, 2.24) is 9.80 Å². The monoisotopic (exact) mass is 261 g/mol. The number of likely N-dealkylation sites (N-methyl/N-ethyl adjacent to an activating group) is 1. The molecule has 1 aliphatic heterocycles. The molecule has 1 saturated heterocycles. The fraction of sp³-hybridized carbons (Fsp3) is 0.429. The molecule has 5 heteroatoms. The Morgan fingerprint density at radius 1 is 1.32 bits per heavy atom. The lowest BCUT2D eigenvalue weighted by Crippen LogP contribution is -2.55. The molecule has 2 N–H and O–H groups in total. The highest BCUT2D eigenvalue weighted by atomic mass is 16.2. The normalized spacial score (nSPS) is 17.5. The number of nitrogens with two attached hydrogens (primary N) is 1. The average Bonchev–Trinajstić information content (AvgIpc) is 2.42. The quantitative estimate of drug-likeness (QED) is 0.823. The fourth-order valence-corrected chi connectivity index (χ4v) is 2.14. The van der Waals surface area contributed by atoms with Crippen molar-refractivity contribution in [1.29, 1.82) is 0 Å². The van der Waals surface area contributed by atoms with E-state index in [0.29, 0.717) is 19.5 Å². The molecule has 1 heterocycles. The molecule has 1 atom stereocenters. The van der Waals surface area contributed by atoms with Gasteiger partial charge in [0.25, 0.3) is 0 Å². The van der Waals surface area contributed by atoms with Gasteiger partial charge in [-0.1, -0.05) is 30.3 Å². The molecule has 0 aliphatic carbocycles. The summed E-state index contributed by atoms with van der Waals surface area (Å²) < 4.78 is 0. The van der Waals surface area contributed by atoms with Crippen LogP contribution in [0.1, 0.15) is 5.56 Å². The number of carbonyl (C=O) groups excluding carboxylic acids is 2. The Morgan fingerprint density at radius 2 is 2.00 bits per heavy atom. The van der Waals surface area contributed by atoms with Crippen molar-refractivity contribution in [3.05, 3.63) is 35.9 Å². The maximum Gasteiger partial charge on any atom is 0.241 e. The summed E-state index contributed by atoms with van der Waals surface area (Å²) in [6, 6.07) is 9.08. The third-order valence-electron chi connectivity index (χ3n) is 3.38. The Balaban J connectivity index is 1.94. The van der Waals surface area contributed by atoms with Crippen LogP contribution in [0, 0.1) is 0 Å². The van der Waals surface area contributed by atoms with E-state index in [1.807, 2.05) is 30.3 Å². The van der Waals surface area contributed by atoms with E-state index in [1.165, 1.54) is 0 Å². The maximum absolute atomic E-state index is 12.2. The van der Waals surface area contributed by atoms with E-state index in [0.717, 1.165) is 5.56 Å². The number of amides is 2. The van der Waals surface area contributed by atoms with Crippen LogP contribution in [0.15, 0.2) is 30.3 Å². The topological polar surface area (TPSA) is 66.6 Å². The second kappa shape index (κ2) is 5.84. The number of hydrogen-bond acceptors (Lipinski definition) is 3. The van der Waals surface area contributed by atoms with Gasteiger partial charge in [-0.05, 0) is 12.0 Å². The Bertz CT molecular complexity index is 461. The first-order valence-electron chi connectivity index (χ1n) is 6.40. The van der Waals surface area contributed by atoms with Gasteiger partial charge in [0, 0.05) is 20.1 Å². The number of nitrogens with zero attached hydrogens (tertiary/aromatic N) is 2. The zero-order chi connectivity index (χ0) is 13.8. The van der Waals surface area contributed by atoms with Gasteiger partial charge in [-0.25, -0.2) is 0 Å². The Morgan fingerprint density at radius 3 is 2.63 bits per heavy atom. The van der Waals surface area contributed by atoms with Gasteiger partial charge in [0.1, 0.15) is 0 Å². The molecule has 1 fully saturated rings. The largest absolute Gasteiger partial charge is 0.342 e. The Labute approximate surface area is 113 Å². The zero-order valence-electron chi connectivity index (χ0n) is 11.1. The average molecular weight is 261 g/mol. The number of rotatable bonds is 3. The summed E-state index contributed by atoms with van der Waals surface area (Å²) in [6.07, 6.45) is 0.500. The van der Waals surface area contributed by atoms with Crippen molar-refractivity contribution in [3.8, 4) is 0 Å². The SMILES string of the molecule is CN1CCN(C(=O)[C@@H](N)Cc2ccccc2)CC1=O. The van der Waals surface area contributed by atoms with Gasteiger partial charge in [0.2, 0.25) is 11.8 Å². The molecule has 1 aliphatic rings. The standard InChI is InChI=1S/C14H19N3O2/c1-16-7-8-17(10-13(16)18)14(19)12(15)9-11-5-3-2-4-6-11/h2-6,12H,7-10,15H2,1H3/t12-/m0/s1. The molecule has 0 saturated carbocycles. The molecule has 0 aromatic heterocycles. The summed E-state index contributed by atoms with van der Waals surface area (Å²) in [7, 11) is 1.74. The van der Waals surface area contributed by atoms with E-state index in [1.54, 1.807) is 16.8 Å². The van der Waals surface area contributed by atoms with Crippen molar-refractivity contribution < 1.29 is 9.59 Å². The Kier molecular flexibility index (Phi) is 4.16. The first kappa shape index (κ1) is 13.5. The predicted octanol–water partition coefficient (Wildman–Crippen LogP) is -0.143. The molecular formula is C14H19N3O2. The number of piperazine rings is 1. The van der Waals surface area contributed by atoms with Gasteiger partial charge < -0.3 is 15.5 Å². The highest BCUT2D eigenvalue weighted by molar-refractivity contribution is 5.88. The molecule has 0 bridgehead atoms. The van der Waals surface area contributed by atoms with Crippen molar-refractivity contribution in [2.75, 3.05) is 26.7 Å². The maximum atomic E-state index is 12.2. The highest BCUT2D eigenvalue weighted by Gasteiger charge is 2.28. The van der Waals surface area contributed by atoms with E-state index in [-0.39, 0.29) is 18.4 Å². The molecule has 2 rings (SSSR count). The van der Waals surface area contributed by atoms with Crippen molar-refractivity contribution in [3.63, 3.8) is 0 Å². The first-order valence-corrected chi connectivity index (χ1v) is 6.40.